The van der Waals surface area contributed by atoms with E-state index in [4.69, 9.17) is 14.2 Å². The third-order valence-electron chi connectivity index (χ3n) is 5.62. The molecule has 1 heterocycles. The molecule has 1 saturated heterocycles. The molecule has 1 aromatic rings. The van der Waals surface area contributed by atoms with Crippen LogP contribution in [0.1, 0.15) is 45.6 Å². The first kappa shape index (κ1) is 21.1. The highest BCUT2D eigenvalue weighted by molar-refractivity contribution is 5.68. The normalized spacial score (nSPS) is 24.5. The maximum atomic E-state index is 12.8. The number of hydrogen-bond donors (Lipinski definition) is 0. The van der Waals surface area contributed by atoms with Crippen LogP contribution in [0.2, 0.25) is 0 Å². The number of likely N-dealkylation sites (N-methyl/N-ethyl adjacent to an activating group) is 2. The lowest BCUT2D eigenvalue weighted by atomic mass is 9.84. The van der Waals surface area contributed by atoms with E-state index in [-0.39, 0.29) is 18.2 Å². The van der Waals surface area contributed by atoms with E-state index in [1.54, 1.807) is 4.90 Å². The molecule has 6 nitrogen and oxygen atoms in total. The Morgan fingerprint density at radius 1 is 1.14 bits per heavy atom. The zero-order valence-electron chi connectivity index (χ0n) is 17.8. The van der Waals surface area contributed by atoms with Crippen molar-refractivity contribution in [3.8, 4) is 0 Å². The molecule has 1 aliphatic heterocycles. The van der Waals surface area contributed by atoms with Crippen molar-refractivity contribution >= 4 is 6.09 Å². The Morgan fingerprint density at radius 3 is 2.39 bits per heavy atom. The van der Waals surface area contributed by atoms with Gasteiger partial charge in [-0.1, -0.05) is 30.3 Å². The highest BCUT2D eigenvalue weighted by Gasteiger charge is 2.48. The lowest BCUT2D eigenvalue weighted by Crippen LogP contribution is -2.58. The first-order valence-electron chi connectivity index (χ1n) is 10.2. The molecule has 0 bridgehead atoms. The molecule has 1 amide bonds. The first-order chi connectivity index (χ1) is 13.2. The van der Waals surface area contributed by atoms with E-state index in [0.717, 1.165) is 19.4 Å². The highest BCUT2D eigenvalue weighted by Crippen LogP contribution is 2.39. The minimum atomic E-state index is -0.564. The average Bonchev–Trinajstić information content (AvgIpc) is 3.08. The largest absolute Gasteiger partial charge is 0.444 e. The third-order valence-corrected chi connectivity index (χ3v) is 5.62. The highest BCUT2D eigenvalue weighted by atomic mass is 16.7. The standard InChI is InChI=1S/C22H34N2O4/c1-21(2,3)28-20(25)24(5)19-15-22(26-13-14-27-22)12-11-18(19)23(4)16-17-9-7-6-8-10-17/h6-10,18-19H,11-16H2,1-5H3/t18-,19-/m0/s1. The quantitative estimate of drug-likeness (QED) is 0.785. The van der Waals surface area contributed by atoms with E-state index in [1.165, 1.54) is 5.56 Å². The number of benzene rings is 1. The zero-order chi connectivity index (χ0) is 20.4. The van der Waals surface area contributed by atoms with Crippen molar-refractivity contribution in [3.63, 3.8) is 0 Å². The summed E-state index contributed by atoms with van der Waals surface area (Å²) in [6, 6.07) is 10.6. The summed E-state index contributed by atoms with van der Waals surface area (Å²) in [4.78, 5) is 16.9. The molecular formula is C22H34N2O4. The molecule has 2 atom stereocenters. The number of carbonyl (C=O) groups excluding carboxylic acids is 1. The van der Waals surface area contributed by atoms with Crippen LogP contribution in [0.5, 0.6) is 0 Å². The Kier molecular flexibility index (Phi) is 6.32. The van der Waals surface area contributed by atoms with E-state index in [0.29, 0.717) is 19.6 Å². The molecule has 0 unspecified atom stereocenters. The van der Waals surface area contributed by atoms with Crippen molar-refractivity contribution in [2.45, 2.75) is 70.1 Å². The molecule has 3 rings (SSSR count). The van der Waals surface area contributed by atoms with Crippen LogP contribution in [0.3, 0.4) is 0 Å². The molecule has 1 aromatic carbocycles. The Hall–Kier alpha value is -1.63. The monoisotopic (exact) mass is 390 g/mol. The number of ether oxygens (including phenoxy) is 3. The Morgan fingerprint density at radius 2 is 1.79 bits per heavy atom. The van der Waals surface area contributed by atoms with Gasteiger partial charge in [-0.3, -0.25) is 4.90 Å². The second kappa shape index (κ2) is 8.39. The van der Waals surface area contributed by atoms with Crippen LogP contribution < -0.4 is 0 Å². The number of rotatable bonds is 4. The van der Waals surface area contributed by atoms with Crippen molar-refractivity contribution in [2.24, 2.45) is 0 Å². The maximum absolute atomic E-state index is 12.8. The van der Waals surface area contributed by atoms with Gasteiger partial charge < -0.3 is 19.1 Å². The van der Waals surface area contributed by atoms with Crippen LogP contribution in [-0.4, -0.2) is 66.7 Å². The Labute approximate surface area is 168 Å². The molecule has 1 saturated carbocycles. The van der Waals surface area contributed by atoms with Crippen LogP contribution in [0.15, 0.2) is 30.3 Å². The van der Waals surface area contributed by atoms with Crippen LogP contribution in [-0.2, 0) is 20.8 Å². The van der Waals surface area contributed by atoms with Gasteiger partial charge in [-0.2, -0.15) is 0 Å². The van der Waals surface area contributed by atoms with E-state index < -0.39 is 11.4 Å². The molecule has 1 aliphatic carbocycles. The summed E-state index contributed by atoms with van der Waals surface area (Å²) in [6.07, 6.45) is 2.11. The smallest absolute Gasteiger partial charge is 0.410 e. The van der Waals surface area contributed by atoms with Gasteiger partial charge in [0.2, 0.25) is 0 Å². The predicted octanol–water partition coefficient (Wildman–Crippen LogP) is 3.65. The zero-order valence-corrected chi connectivity index (χ0v) is 17.8. The van der Waals surface area contributed by atoms with Gasteiger partial charge in [0.1, 0.15) is 5.60 Å². The van der Waals surface area contributed by atoms with Crippen molar-refractivity contribution in [1.82, 2.24) is 9.80 Å². The summed E-state index contributed by atoms with van der Waals surface area (Å²) in [7, 11) is 3.96. The van der Waals surface area contributed by atoms with E-state index >= 15 is 0 Å². The van der Waals surface area contributed by atoms with Gasteiger partial charge in [0.15, 0.2) is 5.79 Å². The summed E-state index contributed by atoms with van der Waals surface area (Å²) < 4.78 is 17.6. The molecule has 0 radical (unpaired) electrons. The second-order valence-corrected chi connectivity index (χ2v) is 8.98. The lowest BCUT2D eigenvalue weighted by Gasteiger charge is -2.47. The minimum Gasteiger partial charge on any atom is -0.444 e. The summed E-state index contributed by atoms with van der Waals surface area (Å²) in [5.74, 6) is -0.564. The topological polar surface area (TPSA) is 51.2 Å². The van der Waals surface area contributed by atoms with Gasteiger partial charge in [-0.25, -0.2) is 4.79 Å². The van der Waals surface area contributed by atoms with Crippen molar-refractivity contribution in [1.29, 1.82) is 0 Å². The van der Waals surface area contributed by atoms with Gasteiger partial charge in [0.25, 0.3) is 0 Å². The predicted molar refractivity (Wildman–Crippen MR) is 108 cm³/mol. The number of amides is 1. The summed E-state index contributed by atoms with van der Waals surface area (Å²) in [6.45, 7) is 7.75. The minimum absolute atomic E-state index is 0.0459. The van der Waals surface area contributed by atoms with Crippen LogP contribution in [0.4, 0.5) is 4.79 Å². The molecule has 0 aromatic heterocycles. The molecule has 2 aliphatic rings. The average molecular weight is 391 g/mol. The van der Waals surface area contributed by atoms with Crippen LogP contribution in [0, 0.1) is 0 Å². The lowest BCUT2D eigenvalue weighted by molar-refractivity contribution is -0.196. The summed E-state index contributed by atoms with van der Waals surface area (Å²) in [5, 5.41) is 0. The van der Waals surface area contributed by atoms with E-state index in [1.807, 2.05) is 33.9 Å². The van der Waals surface area contributed by atoms with Crippen molar-refractivity contribution in [3.05, 3.63) is 35.9 Å². The Balaban J connectivity index is 1.77. The molecule has 0 N–H and O–H groups in total. The molecule has 6 heteroatoms. The fourth-order valence-corrected chi connectivity index (χ4v) is 4.24. The van der Waals surface area contributed by atoms with E-state index in [9.17, 15) is 4.79 Å². The van der Waals surface area contributed by atoms with Crippen molar-refractivity contribution < 1.29 is 19.0 Å². The number of nitrogens with zero attached hydrogens (tertiary/aromatic N) is 2. The number of hydrogen-bond acceptors (Lipinski definition) is 5. The van der Waals surface area contributed by atoms with Crippen molar-refractivity contribution in [2.75, 3.05) is 27.3 Å². The van der Waals surface area contributed by atoms with Gasteiger partial charge in [-0.05, 0) is 39.8 Å². The van der Waals surface area contributed by atoms with Crippen LogP contribution in [0.25, 0.3) is 0 Å². The molecular weight excluding hydrogens is 356 g/mol. The fourth-order valence-electron chi connectivity index (χ4n) is 4.24. The van der Waals surface area contributed by atoms with Gasteiger partial charge in [-0.15, -0.1) is 0 Å². The Bertz CT molecular complexity index is 652. The van der Waals surface area contributed by atoms with Gasteiger partial charge in [0.05, 0.1) is 19.3 Å². The van der Waals surface area contributed by atoms with E-state index in [2.05, 4.69) is 36.2 Å². The molecule has 156 valence electrons. The molecule has 28 heavy (non-hydrogen) atoms. The van der Waals surface area contributed by atoms with Gasteiger partial charge in [0, 0.05) is 32.5 Å². The summed E-state index contributed by atoms with van der Waals surface area (Å²) in [5.41, 5.74) is 0.737. The van der Waals surface area contributed by atoms with Gasteiger partial charge >= 0.3 is 6.09 Å². The maximum Gasteiger partial charge on any atom is 0.410 e. The molecule has 2 fully saturated rings. The first-order valence-corrected chi connectivity index (χ1v) is 10.2. The fraction of sp³-hybridized carbons (Fsp3) is 0.682. The molecule has 1 spiro atoms. The number of carbonyl (C=O) groups is 1. The second-order valence-electron chi connectivity index (χ2n) is 8.98. The van der Waals surface area contributed by atoms with Crippen LogP contribution >= 0.6 is 0 Å². The third kappa shape index (κ3) is 5.04. The summed E-state index contributed by atoms with van der Waals surface area (Å²) >= 11 is 0. The SMILES string of the molecule is CN(Cc1ccccc1)[C@H]1CCC2(C[C@@H]1N(C)C(=O)OC(C)(C)C)OCCO2.